The second-order valence-electron chi connectivity index (χ2n) is 3.70. The van der Waals surface area contributed by atoms with Crippen LogP contribution in [0, 0.1) is 12.3 Å². The second-order valence-corrected chi connectivity index (χ2v) is 3.70. The molecule has 0 nitrogen and oxygen atoms in total. The molecule has 0 amide bonds. The van der Waals surface area contributed by atoms with Crippen molar-refractivity contribution in [2.75, 3.05) is 0 Å². The molecule has 0 fully saturated rings. The molecule has 0 aliphatic heterocycles. The zero-order valence-corrected chi connectivity index (χ0v) is 9.10. The highest BCUT2D eigenvalue weighted by atomic mass is 14.1. The maximum atomic E-state index is 2.49. The summed E-state index contributed by atoms with van der Waals surface area (Å²) in [7, 11) is 0. The van der Waals surface area contributed by atoms with Gasteiger partial charge in [-0.1, -0.05) is 59.3 Å². The van der Waals surface area contributed by atoms with Crippen LogP contribution < -0.4 is 0 Å². The molecule has 1 radical (unpaired) electrons. The Balaban J connectivity index is 3.06. The molecular formula is C12H25. The smallest absolute Gasteiger partial charge is 0.0383 e. The van der Waals surface area contributed by atoms with E-state index in [2.05, 4.69) is 27.2 Å². The van der Waals surface area contributed by atoms with Crippen LogP contribution in [0.5, 0.6) is 0 Å². The highest BCUT2D eigenvalue weighted by Crippen LogP contribution is 2.16. The van der Waals surface area contributed by atoms with E-state index >= 15 is 0 Å². The normalized spacial score (nSPS) is 11.0. The van der Waals surface area contributed by atoms with Crippen molar-refractivity contribution in [1.82, 2.24) is 0 Å². The summed E-state index contributed by atoms with van der Waals surface area (Å²) in [4.78, 5) is 0. The number of unbranched alkanes of at least 4 members (excludes halogenated alkanes) is 4. The average Bonchev–Trinajstić information content (AvgIpc) is 2.11. The predicted octanol–water partition coefficient (Wildman–Crippen LogP) is 4.60. The van der Waals surface area contributed by atoms with Gasteiger partial charge in [-0.25, -0.2) is 0 Å². The summed E-state index contributed by atoms with van der Waals surface area (Å²) in [5, 5.41) is 0. The quantitative estimate of drug-likeness (QED) is 0.466. The van der Waals surface area contributed by atoms with Gasteiger partial charge in [-0.3, -0.25) is 0 Å². The van der Waals surface area contributed by atoms with Gasteiger partial charge in [0.25, 0.3) is 0 Å². The summed E-state index contributed by atoms with van der Waals surface area (Å²) in [5.41, 5.74) is 0. The molecule has 0 saturated heterocycles. The Morgan fingerprint density at radius 1 is 1.00 bits per heavy atom. The second kappa shape index (κ2) is 9.09. The van der Waals surface area contributed by atoms with E-state index in [-0.39, 0.29) is 0 Å². The molecule has 0 aliphatic carbocycles. The van der Waals surface area contributed by atoms with Crippen LogP contribution in [0.4, 0.5) is 0 Å². The SMILES string of the molecule is CCCCC[CH]CC(CC)CC. The molecule has 12 heavy (non-hydrogen) atoms. The Labute approximate surface area is 78.8 Å². The topological polar surface area (TPSA) is 0 Å². The zero-order valence-electron chi connectivity index (χ0n) is 9.10. The molecule has 0 atom stereocenters. The van der Waals surface area contributed by atoms with Gasteiger partial charge in [-0.2, -0.15) is 0 Å². The van der Waals surface area contributed by atoms with Crippen molar-refractivity contribution >= 4 is 0 Å². The Morgan fingerprint density at radius 3 is 2.17 bits per heavy atom. The maximum absolute atomic E-state index is 2.49. The molecule has 0 aliphatic rings. The lowest BCUT2D eigenvalue weighted by Crippen LogP contribution is -1.96. The minimum Gasteiger partial charge on any atom is -0.0654 e. The van der Waals surface area contributed by atoms with Gasteiger partial charge in [0, 0.05) is 0 Å². The highest BCUT2D eigenvalue weighted by molar-refractivity contribution is 4.69. The van der Waals surface area contributed by atoms with Crippen molar-refractivity contribution in [2.45, 2.75) is 65.7 Å². The van der Waals surface area contributed by atoms with Gasteiger partial charge in [0.2, 0.25) is 0 Å². The maximum Gasteiger partial charge on any atom is -0.0383 e. The van der Waals surface area contributed by atoms with E-state index in [1.54, 1.807) is 0 Å². The fourth-order valence-corrected chi connectivity index (χ4v) is 1.51. The summed E-state index contributed by atoms with van der Waals surface area (Å²) in [5.74, 6) is 0.951. The lowest BCUT2D eigenvalue weighted by atomic mass is 9.96. The van der Waals surface area contributed by atoms with E-state index in [0.717, 1.165) is 5.92 Å². The lowest BCUT2D eigenvalue weighted by molar-refractivity contribution is 0.475. The summed E-state index contributed by atoms with van der Waals surface area (Å²) in [6, 6.07) is 0. The van der Waals surface area contributed by atoms with Gasteiger partial charge in [0.15, 0.2) is 0 Å². The standard InChI is InChI=1S/C12H25/c1-4-7-8-9-10-11-12(5-2)6-3/h10,12H,4-9,11H2,1-3H3. The Morgan fingerprint density at radius 2 is 1.67 bits per heavy atom. The van der Waals surface area contributed by atoms with Crippen molar-refractivity contribution in [3.8, 4) is 0 Å². The molecule has 73 valence electrons. The predicted molar refractivity (Wildman–Crippen MR) is 57.1 cm³/mol. The fraction of sp³-hybridized carbons (Fsp3) is 0.917. The largest absolute Gasteiger partial charge is 0.0654 e. The zero-order chi connectivity index (χ0) is 9.23. The number of rotatable bonds is 8. The third-order valence-electron chi connectivity index (χ3n) is 2.67. The first-order valence-electron chi connectivity index (χ1n) is 5.66. The van der Waals surface area contributed by atoms with Crippen molar-refractivity contribution in [3.05, 3.63) is 6.42 Å². The van der Waals surface area contributed by atoms with Crippen LogP contribution in [0.1, 0.15) is 65.7 Å². The highest BCUT2D eigenvalue weighted by Gasteiger charge is 2.01. The van der Waals surface area contributed by atoms with Gasteiger partial charge in [0.1, 0.15) is 0 Å². The van der Waals surface area contributed by atoms with Crippen molar-refractivity contribution in [1.29, 1.82) is 0 Å². The van der Waals surface area contributed by atoms with Crippen molar-refractivity contribution < 1.29 is 0 Å². The summed E-state index contributed by atoms with van der Waals surface area (Å²) in [6.07, 6.45) is 12.0. The van der Waals surface area contributed by atoms with Crippen LogP contribution in [0.15, 0.2) is 0 Å². The molecule has 0 saturated carbocycles. The Hall–Kier alpha value is 0. The molecule has 0 heteroatoms. The number of hydrogen-bond donors (Lipinski definition) is 0. The van der Waals surface area contributed by atoms with E-state index in [1.165, 1.54) is 44.9 Å². The molecule has 0 aromatic carbocycles. The van der Waals surface area contributed by atoms with Crippen LogP contribution in [0.3, 0.4) is 0 Å². The molecule has 0 aromatic heterocycles. The van der Waals surface area contributed by atoms with Gasteiger partial charge >= 0.3 is 0 Å². The van der Waals surface area contributed by atoms with Gasteiger partial charge in [-0.05, 0) is 18.8 Å². The minimum atomic E-state index is 0.951. The van der Waals surface area contributed by atoms with Gasteiger partial charge in [-0.15, -0.1) is 0 Å². The minimum absolute atomic E-state index is 0.951. The van der Waals surface area contributed by atoms with Crippen LogP contribution in [-0.4, -0.2) is 0 Å². The van der Waals surface area contributed by atoms with E-state index < -0.39 is 0 Å². The molecule has 0 bridgehead atoms. The Kier molecular flexibility index (Phi) is 9.09. The van der Waals surface area contributed by atoms with Gasteiger partial charge < -0.3 is 0 Å². The first-order valence-corrected chi connectivity index (χ1v) is 5.66. The van der Waals surface area contributed by atoms with E-state index in [4.69, 9.17) is 0 Å². The van der Waals surface area contributed by atoms with Crippen LogP contribution in [0.25, 0.3) is 0 Å². The molecule has 0 heterocycles. The third-order valence-corrected chi connectivity index (χ3v) is 2.67. The number of hydrogen-bond acceptors (Lipinski definition) is 0. The molecule has 0 spiro atoms. The Bertz CT molecular complexity index is 72.1. The molecule has 0 aromatic rings. The molecular weight excluding hydrogens is 144 g/mol. The van der Waals surface area contributed by atoms with E-state index in [1.807, 2.05) is 0 Å². The lowest BCUT2D eigenvalue weighted by Gasteiger charge is -2.10. The van der Waals surface area contributed by atoms with Crippen LogP contribution in [-0.2, 0) is 0 Å². The van der Waals surface area contributed by atoms with Crippen LogP contribution >= 0.6 is 0 Å². The summed E-state index contributed by atoms with van der Waals surface area (Å²) in [6.45, 7) is 6.86. The van der Waals surface area contributed by atoms with E-state index in [9.17, 15) is 0 Å². The summed E-state index contributed by atoms with van der Waals surface area (Å²) < 4.78 is 0. The third kappa shape index (κ3) is 6.69. The van der Waals surface area contributed by atoms with E-state index in [0.29, 0.717) is 0 Å². The summed E-state index contributed by atoms with van der Waals surface area (Å²) >= 11 is 0. The van der Waals surface area contributed by atoms with Crippen molar-refractivity contribution in [3.63, 3.8) is 0 Å². The molecule has 0 unspecified atom stereocenters. The van der Waals surface area contributed by atoms with Gasteiger partial charge in [0.05, 0.1) is 0 Å². The average molecular weight is 169 g/mol. The first-order chi connectivity index (χ1) is 5.85. The fourth-order valence-electron chi connectivity index (χ4n) is 1.51. The molecule has 0 rings (SSSR count). The van der Waals surface area contributed by atoms with Crippen LogP contribution in [0.2, 0.25) is 0 Å². The monoisotopic (exact) mass is 169 g/mol. The van der Waals surface area contributed by atoms with Crippen molar-refractivity contribution in [2.24, 2.45) is 5.92 Å². The first kappa shape index (κ1) is 12.0. The molecule has 0 N–H and O–H groups in total.